The molecule has 0 aliphatic heterocycles. The van der Waals surface area contributed by atoms with Crippen molar-refractivity contribution in [3.05, 3.63) is 59.5 Å². The van der Waals surface area contributed by atoms with Gasteiger partial charge in [-0.3, -0.25) is 4.99 Å². The van der Waals surface area contributed by atoms with Crippen LogP contribution < -0.4 is 10.1 Å². The normalized spacial score (nSPS) is 11.9. The Kier molecular flexibility index (Phi) is 4.96. The van der Waals surface area contributed by atoms with Gasteiger partial charge in [-0.1, -0.05) is 11.6 Å². The maximum atomic E-state index is 6.09. The molecule has 2 aromatic carbocycles. The summed E-state index contributed by atoms with van der Waals surface area (Å²) in [7, 11) is 3.34. The summed E-state index contributed by atoms with van der Waals surface area (Å²) in [5.74, 6) is 1.60. The van der Waals surface area contributed by atoms with Crippen LogP contribution >= 0.6 is 0 Å². The van der Waals surface area contributed by atoms with E-state index in [0.29, 0.717) is 13.2 Å². The first-order chi connectivity index (χ1) is 11.7. The molecule has 0 saturated heterocycles. The highest BCUT2D eigenvalue weighted by atomic mass is 16.5. The number of methoxy groups -OCH3 is 2. The standard InChI is InChI=1S/C20H21NO3/c1-14-4-9-19-17(12-14)18(21-10-11-22-2)13-20(24-19)15-5-7-16(23-3)8-6-15/h4-9,12-13H,10-11H2,1-3H3. The third-order valence-corrected chi connectivity index (χ3v) is 3.85. The SMILES string of the molecule is COCCN=c1cc(-c2ccc(OC)cc2)oc2ccc(C)cc12. The van der Waals surface area contributed by atoms with Crippen molar-refractivity contribution in [3.63, 3.8) is 0 Å². The molecule has 1 aromatic heterocycles. The molecule has 0 spiro atoms. The molecule has 0 bridgehead atoms. The second kappa shape index (κ2) is 7.32. The van der Waals surface area contributed by atoms with Crippen molar-refractivity contribution in [1.29, 1.82) is 0 Å². The molecule has 0 aliphatic carbocycles. The molecule has 0 amide bonds. The number of benzene rings is 2. The van der Waals surface area contributed by atoms with E-state index >= 15 is 0 Å². The van der Waals surface area contributed by atoms with Crippen molar-refractivity contribution in [1.82, 2.24) is 0 Å². The summed E-state index contributed by atoms with van der Waals surface area (Å²) >= 11 is 0. The fourth-order valence-electron chi connectivity index (χ4n) is 2.57. The highest BCUT2D eigenvalue weighted by Crippen LogP contribution is 2.24. The summed E-state index contributed by atoms with van der Waals surface area (Å²) < 4.78 is 16.4. The van der Waals surface area contributed by atoms with Gasteiger partial charge in [0.2, 0.25) is 0 Å². The van der Waals surface area contributed by atoms with Crippen LogP contribution in [0.5, 0.6) is 5.75 Å². The van der Waals surface area contributed by atoms with Gasteiger partial charge in [-0.05, 0) is 43.3 Å². The van der Waals surface area contributed by atoms with E-state index in [1.54, 1.807) is 14.2 Å². The summed E-state index contributed by atoms with van der Waals surface area (Å²) in [5, 5.41) is 1.94. The van der Waals surface area contributed by atoms with Crippen LogP contribution in [-0.4, -0.2) is 27.4 Å². The molecule has 0 radical (unpaired) electrons. The van der Waals surface area contributed by atoms with Crippen LogP contribution in [0.15, 0.2) is 57.9 Å². The number of fused-ring (bicyclic) bond motifs is 1. The number of hydrogen-bond acceptors (Lipinski definition) is 4. The Balaban J connectivity index is 2.14. The zero-order valence-electron chi connectivity index (χ0n) is 14.2. The predicted molar refractivity (Wildman–Crippen MR) is 95.2 cm³/mol. The van der Waals surface area contributed by atoms with Gasteiger partial charge in [0.05, 0.1) is 25.6 Å². The Morgan fingerprint density at radius 3 is 2.50 bits per heavy atom. The number of hydrogen-bond donors (Lipinski definition) is 0. The molecule has 0 fully saturated rings. The molecule has 0 aliphatic rings. The van der Waals surface area contributed by atoms with E-state index in [9.17, 15) is 0 Å². The van der Waals surface area contributed by atoms with Crippen LogP contribution in [0, 0.1) is 6.92 Å². The highest BCUT2D eigenvalue weighted by molar-refractivity contribution is 5.79. The summed E-state index contributed by atoms with van der Waals surface area (Å²) in [5.41, 5.74) is 2.99. The zero-order valence-corrected chi connectivity index (χ0v) is 14.2. The molecule has 0 N–H and O–H groups in total. The minimum Gasteiger partial charge on any atom is -0.497 e. The van der Waals surface area contributed by atoms with Crippen molar-refractivity contribution >= 4 is 11.0 Å². The first kappa shape index (κ1) is 16.3. The predicted octanol–water partition coefficient (Wildman–Crippen LogP) is 3.96. The number of rotatable bonds is 5. The number of aryl methyl sites for hydroxylation is 1. The van der Waals surface area contributed by atoms with Gasteiger partial charge in [-0.2, -0.15) is 0 Å². The molecular weight excluding hydrogens is 302 g/mol. The molecule has 4 nitrogen and oxygen atoms in total. The fourth-order valence-corrected chi connectivity index (χ4v) is 2.57. The van der Waals surface area contributed by atoms with Crippen LogP contribution in [0.3, 0.4) is 0 Å². The second-order valence-corrected chi connectivity index (χ2v) is 5.60. The molecule has 4 heteroatoms. The Bertz CT molecular complexity index is 895. The van der Waals surface area contributed by atoms with Gasteiger partial charge in [0.15, 0.2) is 0 Å². The van der Waals surface area contributed by atoms with Gasteiger partial charge < -0.3 is 13.9 Å². The molecule has 3 rings (SSSR count). The molecular formula is C20H21NO3. The van der Waals surface area contributed by atoms with E-state index in [0.717, 1.165) is 33.4 Å². The van der Waals surface area contributed by atoms with Crippen molar-refractivity contribution < 1.29 is 13.9 Å². The molecule has 0 saturated carbocycles. The Morgan fingerprint density at radius 2 is 1.79 bits per heavy atom. The first-order valence-corrected chi connectivity index (χ1v) is 7.89. The summed E-state index contributed by atoms with van der Waals surface area (Å²) in [6, 6.07) is 15.9. The Morgan fingerprint density at radius 1 is 1.00 bits per heavy atom. The number of nitrogens with zero attached hydrogens (tertiary/aromatic N) is 1. The van der Waals surface area contributed by atoms with E-state index < -0.39 is 0 Å². The van der Waals surface area contributed by atoms with E-state index in [4.69, 9.17) is 13.9 Å². The first-order valence-electron chi connectivity index (χ1n) is 7.89. The summed E-state index contributed by atoms with van der Waals surface area (Å²) in [6.45, 7) is 3.28. The van der Waals surface area contributed by atoms with Gasteiger partial charge in [-0.15, -0.1) is 0 Å². The Hall–Kier alpha value is -2.59. The van der Waals surface area contributed by atoms with Crippen molar-refractivity contribution in [2.45, 2.75) is 6.92 Å². The monoisotopic (exact) mass is 323 g/mol. The smallest absolute Gasteiger partial charge is 0.136 e. The molecule has 0 atom stereocenters. The molecule has 3 aromatic rings. The zero-order chi connectivity index (χ0) is 16.9. The summed E-state index contributed by atoms with van der Waals surface area (Å²) in [6.07, 6.45) is 0. The largest absolute Gasteiger partial charge is 0.497 e. The average molecular weight is 323 g/mol. The van der Waals surface area contributed by atoms with E-state index in [1.165, 1.54) is 5.56 Å². The van der Waals surface area contributed by atoms with Crippen LogP contribution in [-0.2, 0) is 4.74 Å². The van der Waals surface area contributed by atoms with Gasteiger partial charge in [0.25, 0.3) is 0 Å². The topological polar surface area (TPSA) is 44.0 Å². The molecule has 0 unspecified atom stereocenters. The highest BCUT2D eigenvalue weighted by Gasteiger charge is 2.06. The van der Waals surface area contributed by atoms with Crippen molar-refractivity contribution in [2.75, 3.05) is 27.4 Å². The van der Waals surface area contributed by atoms with Crippen LogP contribution in [0.25, 0.3) is 22.3 Å². The lowest BCUT2D eigenvalue weighted by atomic mass is 10.1. The lowest BCUT2D eigenvalue weighted by molar-refractivity contribution is 0.207. The van der Waals surface area contributed by atoms with Crippen molar-refractivity contribution in [2.24, 2.45) is 4.99 Å². The maximum absolute atomic E-state index is 6.09. The quantitative estimate of drug-likeness (QED) is 0.668. The Labute approximate surface area is 141 Å². The average Bonchev–Trinajstić information content (AvgIpc) is 2.62. The van der Waals surface area contributed by atoms with Gasteiger partial charge >= 0.3 is 0 Å². The minimum absolute atomic E-state index is 0.594. The lowest BCUT2D eigenvalue weighted by Crippen LogP contribution is -2.07. The van der Waals surface area contributed by atoms with Gasteiger partial charge in [0, 0.05) is 24.1 Å². The number of ether oxygens (including phenoxy) is 2. The van der Waals surface area contributed by atoms with Crippen LogP contribution in [0.1, 0.15) is 5.56 Å². The fraction of sp³-hybridized carbons (Fsp3) is 0.250. The molecule has 24 heavy (non-hydrogen) atoms. The maximum Gasteiger partial charge on any atom is 0.136 e. The van der Waals surface area contributed by atoms with E-state index in [2.05, 4.69) is 18.0 Å². The van der Waals surface area contributed by atoms with Gasteiger partial charge in [0.1, 0.15) is 17.1 Å². The molecule has 1 heterocycles. The van der Waals surface area contributed by atoms with Crippen LogP contribution in [0.4, 0.5) is 0 Å². The summed E-state index contributed by atoms with van der Waals surface area (Å²) in [4.78, 5) is 4.68. The van der Waals surface area contributed by atoms with Crippen molar-refractivity contribution in [3.8, 4) is 17.1 Å². The van der Waals surface area contributed by atoms with Crippen LogP contribution in [0.2, 0.25) is 0 Å². The minimum atomic E-state index is 0.594. The van der Waals surface area contributed by atoms with E-state index in [-0.39, 0.29) is 0 Å². The third-order valence-electron chi connectivity index (χ3n) is 3.85. The van der Waals surface area contributed by atoms with Gasteiger partial charge in [-0.25, -0.2) is 0 Å². The molecule has 124 valence electrons. The third kappa shape index (κ3) is 3.49. The lowest BCUT2D eigenvalue weighted by Gasteiger charge is -2.07. The second-order valence-electron chi connectivity index (χ2n) is 5.60. The van der Waals surface area contributed by atoms with E-state index in [1.807, 2.05) is 42.5 Å².